The van der Waals surface area contributed by atoms with Crippen LogP contribution in [0.3, 0.4) is 0 Å². The molecule has 0 aromatic heterocycles. The summed E-state index contributed by atoms with van der Waals surface area (Å²) in [6.07, 6.45) is 7.64. The van der Waals surface area contributed by atoms with Gasteiger partial charge in [-0.2, -0.15) is 0 Å². The van der Waals surface area contributed by atoms with Crippen molar-refractivity contribution in [2.24, 2.45) is 0 Å². The Labute approximate surface area is 162 Å². The van der Waals surface area contributed by atoms with Gasteiger partial charge in [0.05, 0.1) is 6.42 Å². The number of nitrogens with one attached hydrogen (secondary N) is 1. The number of aliphatic carboxylic acids is 1. The molecule has 4 N–H and O–H groups in total. The van der Waals surface area contributed by atoms with Crippen LogP contribution in [0.4, 0.5) is 0 Å². The third-order valence-corrected chi connectivity index (χ3v) is 3.08. The molecule has 1 aliphatic carbocycles. The molecule has 1 aromatic rings. The number of carboxylic acid groups (broad SMARTS) is 1. The van der Waals surface area contributed by atoms with Gasteiger partial charge in [-0.3, -0.25) is 4.79 Å². The van der Waals surface area contributed by atoms with Gasteiger partial charge in [-0.25, -0.2) is 0 Å². The van der Waals surface area contributed by atoms with Crippen LogP contribution in [0.5, 0.6) is 0 Å². The van der Waals surface area contributed by atoms with E-state index < -0.39 is 5.97 Å². The first-order valence-electron chi connectivity index (χ1n) is 7.98. The van der Waals surface area contributed by atoms with E-state index in [1.54, 1.807) is 0 Å². The molecule has 1 saturated carbocycles. The summed E-state index contributed by atoms with van der Waals surface area (Å²) in [6.45, 7) is 6.23. The summed E-state index contributed by atoms with van der Waals surface area (Å²) >= 11 is 0. The number of carbonyl (C=O) groups is 1. The predicted molar refractivity (Wildman–Crippen MR) is 99.7 cm³/mol. The van der Waals surface area contributed by atoms with Gasteiger partial charge in [-0.05, 0) is 12.5 Å². The van der Waals surface area contributed by atoms with Crippen molar-refractivity contribution in [3.05, 3.63) is 48.6 Å². The van der Waals surface area contributed by atoms with E-state index >= 15 is 0 Å². The maximum atomic E-state index is 10.3. The van der Waals surface area contributed by atoms with Gasteiger partial charge in [0.15, 0.2) is 0 Å². The zero-order valence-electron chi connectivity index (χ0n) is 15.5. The van der Waals surface area contributed by atoms with Gasteiger partial charge in [0.25, 0.3) is 0 Å². The molecule has 0 heterocycles. The molecule has 2 rings (SSSR count). The number of benzene rings is 1. The standard InChI is InChI=1S/C9H10O2.C6H12N.C3H8.CH3.H2O.Pt/c1-7-2-4-8(5-3-7)6-9(10)11;7-6-4-2-1-3-5-6;1-3-2;;;/h2-5H,6H2,1H3,(H,10,11);6-7H,1-5H2;3H2,1-2H3;1H3;1H2;/q;-1;;-1;;+2. The summed E-state index contributed by atoms with van der Waals surface area (Å²) in [5, 5.41) is 8.44. The van der Waals surface area contributed by atoms with Crippen LogP contribution in [-0.4, -0.2) is 22.6 Å². The molecule has 0 radical (unpaired) electrons. The van der Waals surface area contributed by atoms with Gasteiger partial charge in [0.1, 0.15) is 0 Å². The Morgan fingerprint density at radius 3 is 1.83 bits per heavy atom. The van der Waals surface area contributed by atoms with Gasteiger partial charge in [-0.15, -0.1) is 6.04 Å². The Bertz CT molecular complexity index is 377. The van der Waals surface area contributed by atoms with E-state index in [1.165, 1.54) is 25.7 Å². The number of hydrogen-bond donors (Lipinski definition) is 1. The van der Waals surface area contributed by atoms with E-state index in [-0.39, 0.29) is 46.4 Å². The average molecular weight is 521 g/mol. The van der Waals surface area contributed by atoms with Crippen molar-refractivity contribution in [2.45, 2.75) is 71.8 Å². The maximum absolute atomic E-state index is 10.3. The molecule has 0 unspecified atom stereocenters. The van der Waals surface area contributed by atoms with E-state index in [0.29, 0.717) is 0 Å². The third-order valence-electron chi connectivity index (χ3n) is 3.08. The molecule has 0 spiro atoms. The van der Waals surface area contributed by atoms with E-state index in [4.69, 9.17) is 10.8 Å². The van der Waals surface area contributed by atoms with Crippen LogP contribution in [0.2, 0.25) is 0 Å². The minimum Gasteiger partial charge on any atom is -0.675 e. The Kier molecular flexibility index (Phi) is 26.4. The Morgan fingerprint density at radius 1 is 1.12 bits per heavy atom. The van der Waals surface area contributed by atoms with Gasteiger partial charge in [0.2, 0.25) is 0 Å². The predicted octanol–water partition coefficient (Wildman–Crippen LogP) is 5.03. The first-order chi connectivity index (χ1) is 9.99. The summed E-state index contributed by atoms with van der Waals surface area (Å²) in [5.74, 6) is -0.783. The van der Waals surface area contributed by atoms with Gasteiger partial charge >= 0.3 is 27.0 Å². The number of hydrogen-bond acceptors (Lipinski definition) is 1. The van der Waals surface area contributed by atoms with Crippen LogP contribution in [0.25, 0.3) is 5.73 Å². The summed E-state index contributed by atoms with van der Waals surface area (Å²) in [7, 11) is 0. The molecule has 144 valence electrons. The van der Waals surface area contributed by atoms with Crippen molar-refractivity contribution in [2.75, 3.05) is 0 Å². The molecule has 24 heavy (non-hydrogen) atoms. The first kappa shape index (κ1) is 31.1. The normalized spacial score (nSPS) is 12.5. The molecule has 0 saturated heterocycles. The number of carboxylic acids is 1. The van der Waals surface area contributed by atoms with Crippen molar-refractivity contribution in [1.82, 2.24) is 0 Å². The average Bonchev–Trinajstić information content (AvgIpc) is 2.43. The molecule has 1 aromatic carbocycles. The fraction of sp³-hybridized carbons (Fsp3) is 0.579. The summed E-state index contributed by atoms with van der Waals surface area (Å²) < 4.78 is 0. The van der Waals surface area contributed by atoms with E-state index in [9.17, 15) is 4.79 Å². The van der Waals surface area contributed by atoms with Gasteiger partial charge in [-0.1, -0.05) is 82.2 Å². The number of aryl methyl sites for hydroxylation is 1. The quantitative estimate of drug-likeness (QED) is 0.554. The summed E-state index contributed by atoms with van der Waals surface area (Å²) in [6, 6.07) is 7.79. The first-order valence-corrected chi connectivity index (χ1v) is 7.98. The van der Waals surface area contributed by atoms with Crippen molar-refractivity contribution < 1.29 is 36.4 Å². The zero-order chi connectivity index (χ0) is 16.1. The summed E-state index contributed by atoms with van der Waals surface area (Å²) in [5.41, 5.74) is 9.27. The van der Waals surface area contributed by atoms with Crippen LogP contribution in [0, 0.1) is 14.4 Å². The topological polar surface area (TPSA) is 92.6 Å². The minimum atomic E-state index is -0.783. The SMILES string of the molecule is CCC.Cc1ccc(CC(=O)O)cc1.O.[CH3-].[NH-]C1CCCCC1.[Pt+2]. The van der Waals surface area contributed by atoms with Crippen LogP contribution < -0.4 is 0 Å². The molecule has 0 atom stereocenters. The fourth-order valence-electron chi connectivity index (χ4n) is 1.98. The molecule has 4 nitrogen and oxygen atoms in total. The molecular weight excluding hydrogens is 485 g/mol. The van der Waals surface area contributed by atoms with E-state index in [2.05, 4.69) is 13.8 Å². The molecule has 0 aliphatic heterocycles. The molecular formula is C19H35NO3Pt. The molecule has 0 bridgehead atoms. The third kappa shape index (κ3) is 19.3. The fourth-order valence-corrected chi connectivity index (χ4v) is 1.98. The van der Waals surface area contributed by atoms with Gasteiger partial charge < -0.3 is 23.7 Å². The van der Waals surface area contributed by atoms with Crippen LogP contribution >= 0.6 is 0 Å². The maximum Gasteiger partial charge on any atom is 2.00 e. The molecule has 5 heteroatoms. The van der Waals surface area contributed by atoms with Crippen LogP contribution in [0.15, 0.2) is 24.3 Å². The van der Waals surface area contributed by atoms with Crippen molar-refractivity contribution >= 4 is 5.97 Å². The Balaban J connectivity index is -0.000000135. The van der Waals surface area contributed by atoms with Crippen molar-refractivity contribution in [1.29, 1.82) is 0 Å². The van der Waals surface area contributed by atoms with Crippen LogP contribution in [-0.2, 0) is 32.3 Å². The molecule has 1 aliphatic rings. The second-order valence-electron chi connectivity index (χ2n) is 5.60. The largest absolute Gasteiger partial charge is 2.00 e. The smallest absolute Gasteiger partial charge is 0.675 e. The minimum absolute atomic E-state index is 0. The Hall–Kier alpha value is -0.702. The monoisotopic (exact) mass is 520 g/mol. The number of rotatable bonds is 2. The Morgan fingerprint density at radius 2 is 1.54 bits per heavy atom. The zero-order valence-corrected chi connectivity index (χ0v) is 17.8. The second-order valence-corrected chi connectivity index (χ2v) is 5.60. The van der Waals surface area contributed by atoms with Gasteiger partial charge in [0, 0.05) is 0 Å². The van der Waals surface area contributed by atoms with E-state index in [0.717, 1.165) is 24.0 Å². The van der Waals surface area contributed by atoms with E-state index in [1.807, 2.05) is 31.2 Å². The van der Waals surface area contributed by atoms with Crippen molar-refractivity contribution in [3.8, 4) is 0 Å². The second kappa shape index (κ2) is 20.3. The van der Waals surface area contributed by atoms with Crippen molar-refractivity contribution in [3.63, 3.8) is 0 Å². The van der Waals surface area contributed by atoms with Crippen LogP contribution in [0.1, 0.15) is 63.5 Å². The molecule has 0 amide bonds. The molecule has 1 fully saturated rings. The summed E-state index contributed by atoms with van der Waals surface area (Å²) in [4.78, 5) is 10.3.